The third-order valence-electron chi connectivity index (χ3n) is 3.25. The largest absolute Gasteiger partial charge is 0.373 e. The van der Waals surface area contributed by atoms with Gasteiger partial charge in [0.2, 0.25) is 0 Å². The van der Waals surface area contributed by atoms with Gasteiger partial charge in [-0.2, -0.15) is 0 Å². The lowest BCUT2D eigenvalue weighted by Gasteiger charge is -2.13. The number of hydrogen-bond acceptors (Lipinski definition) is 4. The van der Waals surface area contributed by atoms with Crippen molar-refractivity contribution in [1.29, 1.82) is 0 Å². The van der Waals surface area contributed by atoms with Gasteiger partial charge in [-0.1, -0.05) is 35.0 Å². The molecule has 0 aliphatic heterocycles. The number of hydrogen-bond donors (Lipinski definition) is 2. The summed E-state index contributed by atoms with van der Waals surface area (Å²) in [4.78, 5) is 9.17. The molecule has 0 amide bonds. The van der Waals surface area contributed by atoms with Crippen LogP contribution in [-0.4, -0.2) is 17.0 Å². The quantitative estimate of drug-likeness (QED) is 0.822. The van der Waals surface area contributed by atoms with E-state index in [1.54, 1.807) is 0 Å². The Morgan fingerprint density at radius 2 is 1.95 bits per heavy atom. The van der Waals surface area contributed by atoms with E-state index in [1.807, 2.05) is 26.1 Å². The standard InChI is InChI=1S/C16H21BrN4/c1-4-6-14-20-15(18-3)11(2)16(21-14)19-10-12-7-5-8-13(17)9-12/h5,7-9H,4,6,10H2,1-3H3,(H2,18,19,20,21). The van der Waals surface area contributed by atoms with Gasteiger partial charge in [-0.15, -0.1) is 0 Å². The van der Waals surface area contributed by atoms with E-state index in [0.29, 0.717) is 0 Å². The zero-order chi connectivity index (χ0) is 15.2. The molecule has 0 aliphatic carbocycles. The Morgan fingerprint density at radius 1 is 1.19 bits per heavy atom. The molecule has 21 heavy (non-hydrogen) atoms. The molecular weight excluding hydrogens is 328 g/mol. The molecule has 2 N–H and O–H groups in total. The summed E-state index contributed by atoms with van der Waals surface area (Å²) in [6.45, 7) is 4.91. The van der Waals surface area contributed by atoms with Gasteiger partial charge in [0.15, 0.2) is 0 Å². The van der Waals surface area contributed by atoms with Crippen molar-refractivity contribution in [3.05, 3.63) is 45.7 Å². The fourth-order valence-electron chi connectivity index (χ4n) is 2.15. The highest BCUT2D eigenvalue weighted by atomic mass is 79.9. The molecule has 1 aromatic heterocycles. The molecule has 0 bridgehead atoms. The third-order valence-corrected chi connectivity index (χ3v) is 3.74. The van der Waals surface area contributed by atoms with Crippen LogP contribution in [0.3, 0.4) is 0 Å². The van der Waals surface area contributed by atoms with Crippen LogP contribution >= 0.6 is 15.9 Å². The van der Waals surface area contributed by atoms with Crippen molar-refractivity contribution in [3.63, 3.8) is 0 Å². The zero-order valence-corrected chi connectivity index (χ0v) is 14.3. The maximum absolute atomic E-state index is 4.63. The summed E-state index contributed by atoms with van der Waals surface area (Å²) in [5.74, 6) is 2.67. The van der Waals surface area contributed by atoms with Gasteiger partial charge in [0, 0.05) is 30.0 Å². The molecule has 2 rings (SSSR count). The molecule has 1 aromatic carbocycles. The molecule has 0 radical (unpaired) electrons. The van der Waals surface area contributed by atoms with Gasteiger partial charge in [-0.3, -0.25) is 0 Å². The van der Waals surface area contributed by atoms with Crippen LogP contribution in [0.5, 0.6) is 0 Å². The molecule has 2 aromatic rings. The van der Waals surface area contributed by atoms with Gasteiger partial charge in [0.05, 0.1) is 0 Å². The van der Waals surface area contributed by atoms with Crippen LogP contribution in [0.25, 0.3) is 0 Å². The second-order valence-corrected chi connectivity index (χ2v) is 5.86. The molecule has 0 saturated carbocycles. The molecule has 0 saturated heterocycles. The maximum atomic E-state index is 4.63. The first-order chi connectivity index (χ1) is 10.1. The Bertz CT molecular complexity index is 613. The van der Waals surface area contributed by atoms with Crippen LogP contribution in [-0.2, 0) is 13.0 Å². The third kappa shape index (κ3) is 4.17. The number of rotatable bonds is 6. The Labute approximate surface area is 134 Å². The molecule has 4 nitrogen and oxygen atoms in total. The molecular formula is C16H21BrN4. The molecule has 0 aliphatic rings. The summed E-state index contributed by atoms with van der Waals surface area (Å²) in [5, 5.41) is 6.56. The van der Waals surface area contributed by atoms with Crippen LogP contribution in [0.2, 0.25) is 0 Å². The molecule has 112 valence electrons. The van der Waals surface area contributed by atoms with Crippen LogP contribution in [0.1, 0.15) is 30.3 Å². The average Bonchev–Trinajstić information content (AvgIpc) is 2.48. The van der Waals surface area contributed by atoms with Crippen molar-refractivity contribution in [3.8, 4) is 0 Å². The summed E-state index contributed by atoms with van der Waals surface area (Å²) in [6, 6.07) is 8.27. The van der Waals surface area contributed by atoms with Crippen molar-refractivity contribution in [2.45, 2.75) is 33.2 Å². The van der Waals surface area contributed by atoms with Crippen LogP contribution in [0.15, 0.2) is 28.7 Å². The zero-order valence-electron chi connectivity index (χ0n) is 12.7. The molecule has 1 heterocycles. The van der Waals surface area contributed by atoms with Gasteiger partial charge >= 0.3 is 0 Å². The van der Waals surface area contributed by atoms with Crippen molar-refractivity contribution in [2.24, 2.45) is 0 Å². The number of benzene rings is 1. The van der Waals surface area contributed by atoms with Gasteiger partial charge in [-0.25, -0.2) is 9.97 Å². The minimum absolute atomic E-state index is 0.742. The van der Waals surface area contributed by atoms with E-state index in [2.05, 4.69) is 55.6 Å². The van der Waals surface area contributed by atoms with Crippen molar-refractivity contribution >= 4 is 27.6 Å². The van der Waals surface area contributed by atoms with E-state index >= 15 is 0 Å². The van der Waals surface area contributed by atoms with E-state index in [4.69, 9.17) is 0 Å². The summed E-state index contributed by atoms with van der Waals surface area (Å²) < 4.78 is 1.09. The highest BCUT2D eigenvalue weighted by molar-refractivity contribution is 9.10. The Hall–Kier alpha value is -1.62. The molecule has 0 spiro atoms. The molecule has 0 unspecified atom stereocenters. The first-order valence-electron chi connectivity index (χ1n) is 7.17. The SMILES string of the molecule is CCCc1nc(NC)c(C)c(NCc2cccc(Br)c2)n1. The van der Waals surface area contributed by atoms with Gasteiger partial charge in [0.25, 0.3) is 0 Å². The first kappa shape index (κ1) is 15.8. The predicted octanol–water partition coefficient (Wildman–Crippen LogP) is 4.15. The number of nitrogens with zero attached hydrogens (tertiary/aromatic N) is 2. The van der Waals surface area contributed by atoms with E-state index in [0.717, 1.165) is 46.9 Å². The number of aryl methyl sites for hydroxylation is 1. The lowest BCUT2D eigenvalue weighted by atomic mass is 10.2. The molecule has 0 atom stereocenters. The lowest BCUT2D eigenvalue weighted by molar-refractivity contribution is 0.831. The number of halogens is 1. The monoisotopic (exact) mass is 348 g/mol. The Kier molecular flexibility index (Phi) is 5.56. The van der Waals surface area contributed by atoms with E-state index in [-0.39, 0.29) is 0 Å². The minimum Gasteiger partial charge on any atom is -0.373 e. The number of aromatic nitrogens is 2. The summed E-state index contributed by atoms with van der Waals surface area (Å²) in [5.41, 5.74) is 2.26. The van der Waals surface area contributed by atoms with Gasteiger partial charge in [0.1, 0.15) is 17.5 Å². The highest BCUT2D eigenvalue weighted by Crippen LogP contribution is 2.21. The first-order valence-corrected chi connectivity index (χ1v) is 7.97. The summed E-state index contributed by atoms with van der Waals surface area (Å²) >= 11 is 3.49. The maximum Gasteiger partial charge on any atom is 0.135 e. The van der Waals surface area contributed by atoms with Crippen LogP contribution < -0.4 is 10.6 Å². The summed E-state index contributed by atoms with van der Waals surface area (Å²) in [7, 11) is 1.89. The van der Waals surface area contributed by atoms with E-state index < -0.39 is 0 Å². The van der Waals surface area contributed by atoms with Gasteiger partial charge < -0.3 is 10.6 Å². The highest BCUT2D eigenvalue weighted by Gasteiger charge is 2.09. The van der Waals surface area contributed by atoms with E-state index in [1.165, 1.54) is 5.56 Å². The lowest BCUT2D eigenvalue weighted by Crippen LogP contribution is -2.09. The van der Waals surface area contributed by atoms with Gasteiger partial charge in [-0.05, 0) is 31.0 Å². The molecule has 5 heteroatoms. The Morgan fingerprint density at radius 3 is 2.62 bits per heavy atom. The molecule has 0 fully saturated rings. The summed E-state index contributed by atoms with van der Waals surface area (Å²) in [6.07, 6.45) is 1.93. The van der Waals surface area contributed by atoms with E-state index in [9.17, 15) is 0 Å². The average molecular weight is 349 g/mol. The fourth-order valence-corrected chi connectivity index (χ4v) is 2.59. The van der Waals surface area contributed by atoms with Crippen LogP contribution in [0, 0.1) is 6.92 Å². The second kappa shape index (κ2) is 7.41. The number of nitrogens with one attached hydrogen (secondary N) is 2. The van der Waals surface area contributed by atoms with Crippen molar-refractivity contribution < 1.29 is 0 Å². The normalized spacial score (nSPS) is 10.5. The minimum atomic E-state index is 0.742. The Balaban J connectivity index is 2.20. The topological polar surface area (TPSA) is 49.8 Å². The predicted molar refractivity (Wildman–Crippen MR) is 91.8 cm³/mol. The van der Waals surface area contributed by atoms with Crippen LogP contribution in [0.4, 0.5) is 11.6 Å². The number of anilines is 2. The fraction of sp³-hybridized carbons (Fsp3) is 0.375. The van der Waals surface area contributed by atoms with Crippen molar-refractivity contribution in [2.75, 3.05) is 17.7 Å². The smallest absolute Gasteiger partial charge is 0.135 e. The van der Waals surface area contributed by atoms with Crippen molar-refractivity contribution in [1.82, 2.24) is 9.97 Å². The second-order valence-electron chi connectivity index (χ2n) is 4.95.